The van der Waals surface area contributed by atoms with Crippen LogP contribution in [0, 0.1) is 6.92 Å². The maximum atomic E-state index is 13.6. The summed E-state index contributed by atoms with van der Waals surface area (Å²) in [5.41, 5.74) is 4.31. The minimum atomic E-state index is -0.737. The first-order valence-electron chi connectivity index (χ1n) is 14.6. The fraction of sp³-hybridized carbons (Fsp3) is 0.229. The second-order valence-corrected chi connectivity index (χ2v) is 10.8. The summed E-state index contributed by atoms with van der Waals surface area (Å²) in [5.74, 6) is -0.252. The van der Waals surface area contributed by atoms with Gasteiger partial charge in [-0.3, -0.25) is 14.6 Å². The molecular weight excluding hydrogens is 554 g/mol. The highest BCUT2D eigenvalue weighted by Gasteiger charge is 2.25. The highest BCUT2D eigenvalue weighted by atomic mass is 16.4. The number of pyridine rings is 1. The molecule has 5 aromatic rings. The summed E-state index contributed by atoms with van der Waals surface area (Å²) in [6.07, 6.45) is 4.80. The Kier molecular flexibility index (Phi) is 9.76. The van der Waals surface area contributed by atoms with Crippen LogP contribution in [0.3, 0.4) is 0 Å². The average Bonchev–Trinajstić information content (AvgIpc) is 3.04. The molecular formula is C35H35N5O4. The first-order chi connectivity index (χ1) is 21.4. The molecule has 0 aliphatic carbocycles. The number of rotatable bonds is 12. The van der Waals surface area contributed by atoms with Crippen molar-refractivity contribution >= 4 is 28.7 Å². The highest BCUT2D eigenvalue weighted by Crippen LogP contribution is 2.21. The van der Waals surface area contributed by atoms with E-state index in [1.165, 1.54) is 0 Å². The number of carbonyl (C=O) groups is 2. The van der Waals surface area contributed by atoms with Crippen LogP contribution in [0.5, 0.6) is 0 Å². The third-order valence-electron chi connectivity index (χ3n) is 7.53. The van der Waals surface area contributed by atoms with E-state index in [2.05, 4.69) is 20.6 Å². The first-order valence-corrected chi connectivity index (χ1v) is 14.6. The van der Waals surface area contributed by atoms with Crippen molar-refractivity contribution in [3.8, 4) is 0 Å². The van der Waals surface area contributed by atoms with E-state index in [1.54, 1.807) is 30.4 Å². The molecule has 0 aliphatic rings. The van der Waals surface area contributed by atoms with Gasteiger partial charge in [-0.2, -0.15) is 4.98 Å². The Bertz CT molecular complexity index is 1780. The van der Waals surface area contributed by atoms with Crippen LogP contribution in [0.4, 0.5) is 6.01 Å². The molecule has 2 amide bonds. The molecule has 9 heteroatoms. The van der Waals surface area contributed by atoms with Crippen molar-refractivity contribution in [3.05, 3.63) is 136 Å². The first kappa shape index (κ1) is 30.2. The Labute approximate surface area is 256 Å². The van der Waals surface area contributed by atoms with Gasteiger partial charge in [-0.15, -0.1) is 0 Å². The van der Waals surface area contributed by atoms with E-state index in [9.17, 15) is 14.4 Å². The summed E-state index contributed by atoms with van der Waals surface area (Å²) in [7, 11) is 1.73. The monoisotopic (exact) mass is 589 g/mol. The van der Waals surface area contributed by atoms with Crippen molar-refractivity contribution in [2.75, 3.05) is 12.4 Å². The van der Waals surface area contributed by atoms with Crippen molar-refractivity contribution in [2.24, 2.45) is 0 Å². The van der Waals surface area contributed by atoms with Crippen LogP contribution in [-0.4, -0.2) is 39.8 Å². The van der Waals surface area contributed by atoms with Crippen LogP contribution >= 0.6 is 0 Å². The zero-order chi connectivity index (χ0) is 30.9. The zero-order valence-electron chi connectivity index (χ0n) is 24.8. The van der Waals surface area contributed by atoms with E-state index >= 15 is 0 Å². The molecule has 0 saturated heterocycles. The lowest BCUT2D eigenvalue weighted by Crippen LogP contribution is -2.42. The Morgan fingerprint density at radius 2 is 1.61 bits per heavy atom. The maximum absolute atomic E-state index is 13.6. The van der Waals surface area contributed by atoms with Gasteiger partial charge in [0, 0.05) is 45.4 Å². The normalized spacial score (nSPS) is 11.6. The molecule has 0 fully saturated rings. The number of hydrogen-bond acceptors (Lipinski definition) is 7. The van der Waals surface area contributed by atoms with E-state index in [4.69, 9.17) is 4.42 Å². The molecule has 5 rings (SSSR count). The zero-order valence-corrected chi connectivity index (χ0v) is 24.8. The van der Waals surface area contributed by atoms with Gasteiger partial charge >= 0.3 is 5.63 Å². The van der Waals surface area contributed by atoms with Crippen LogP contribution in [-0.2, 0) is 35.5 Å². The predicted octanol–water partition coefficient (Wildman–Crippen LogP) is 4.82. The van der Waals surface area contributed by atoms with E-state index in [0.29, 0.717) is 42.3 Å². The number of hydrogen-bond donors (Lipinski definition) is 2. The number of amides is 2. The van der Waals surface area contributed by atoms with Gasteiger partial charge in [0.2, 0.25) is 11.8 Å². The molecule has 0 spiro atoms. The third-order valence-corrected chi connectivity index (χ3v) is 7.53. The van der Waals surface area contributed by atoms with Gasteiger partial charge in [0.1, 0.15) is 6.04 Å². The van der Waals surface area contributed by atoms with Crippen LogP contribution < -0.4 is 16.3 Å². The van der Waals surface area contributed by atoms with Gasteiger partial charge in [0.15, 0.2) is 0 Å². The van der Waals surface area contributed by atoms with Crippen molar-refractivity contribution in [1.82, 2.24) is 20.2 Å². The van der Waals surface area contributed by atoms with Crippen LogP contribution in [0.1, 0.15) is 34.2 Å². The second-order valence-electron chi connectivity index (χ2n) is 10.8. The number of benzene rings is 3. The predicted molar refractivity (Wildman–Crippen MR) is 170 cm³/mol. The lowest BCUT2D eigenvalue weighted by Gasteiger charge is -2.24. The molecule has 0 radical (unpaired) electrons. The molecule has 224 valence electrons. The van der Waals surface area contributed by atoms with E-state index in [0.717, 1.165) is 22.3 Å². The number of likely N-dealkylation sites (N-methyl/N-ethyl adjacent to an activating group) is 1. The van der Waals surface area contributed by atoms with Gasteiger partial charge in [-0.25, -0.2) is 4.79 Å². The molecule has 2 aromatic heterocycles. The summed E-state index contributed by atoms with van der Waals surface area (Å²) >= 11 is 0. The topological polar surface area (TPSA) is 117 Å². The summed E-state index contributed by atoms with van der Waals surface area (Å²) in [6.45, 7) is 2.47. The Balaban J connectivity index is 1.31. The molecule has 0 saturated carbocycles. The highest BCUT2D eigenvalue weighted by molar-refractivity contribution is 5.86. The number of aromatic nitrogens is 2. The van der Waals surface area contributed by atoms with Crippen molar-refractivity contribution < 1.29 is 14.0 Å². The Hall–Kier alpha value is -5.31. The van der Waals surface area contributed by atoms with Crippen molar-refractivity contribution in [3.63, 3.8) is 0 Å². The van der Waals surface area contributed by atoms with E-state index in [-0.39, 0.29) is 24.4 Å². The minimum Gasteiger partial charge on any atom is -0.389 e. The number of fused-ring (bicyclic) bond motifs is 1. The standard InChI is InChI=1S/C35H35N5O4/c1-24-28(22-37-31(41)18-15-25-10-5-3-6-11-25)16-17-29-32(24)34(43)44-35(38-29)39-30(20-26-12-7-4-8-13-26)33(42)40(2)23-27-14-9-19-36-21-27/h3-14,16-17,19,21,30H,15,18,20,22-23H2,1-2H3,(H,37,41)(H,38,39)/t30-/m0/s1. The lowest BCUT2D eigenvalue weighted by molar-refractivity contribution is -0.131. The molecule has 3 aromatic carbocycles. The summed E-state index contributed by atoms with van der Waals surface area (Å²) in [6, 6.07) is 26.0. The van der Waals surface area contributed by atoms with Crippen LogP contribution in [0.15, 0.2) is 107 Å². The fourth-order valence-electron chi connectivity index (χ4n) is 5.11. The molecule has 44 heavy (non-hydrogen) atoms. The van der Waals surface area contributed by atoms with Gasteiger partial charge in [0.25, 0.3) is 6.01 Å². The molecule has 0 aliphatic heterocycles. The molecule has 0 unspecified atom stereocenters. The number of nitrogens with zero attached hydrogens (tertiary/aromatic N) is 3. The van der Waals surface area contributed by atoms with Gasteiger partial charge in [0.05, 0.1) is 10.9 Å². The van der Waals surface area contributed by atoms with E-state index in [1.807, 2.05) is 85.8 Å². The number of aryl methyl sites for hydroxylation is 2. The van der Waals surface area contributed by atoms with Crippen molar-refractivity contribution in [2.45, 2.75) is 45.3 Å². The fourth-order valence-corrected chi connectivity index (χ4v) is 5.11. The van der Waals surface area contributed by atoms with Gasteiger partial charge in [-0.05, 0) is 53.3 Å². The van der Waals surface area contributed by atoms with Gasteiger partial charge in [-0.1, -0.05) is 72.8 Å². The SMILES string of the molecule is Cc1c(CNC(=O)CCc2ccccc2)ccc2nc(N[C@@H](Cc3ccccc3)C(=O)N(C)Cc3cccnc3)oc(=O)c12. The quantitative estimate of drug-likeness (QED) is 0.214. The number of carbonyl (C=O) groups excluding carboxylic acids is 2. The van der Waals surface area contributed by atoms with Crippen LogP contribution in [0.25, 0.3) is 10.9 Å². The average molecular weight is 590 g/mol. The molecule has 2 N–H and O–H groups in total. The largest absolute Gasteiger partial charge is 0.389 e. The lowest BCUT2D eigenvalue weighted by atomic mass is 10.0. The number of nitrogens with one attached hydrogen (secondary N) is 2. The summed E-state index contributed by atoms with van der Waals surface area (Å²) in [5, 5.41) is 6.37. The molecule has 9 nitrogen and oxygen atoms in total. The smallest absolute Gasteiger partial charge is 0.348 e. The Morgan fingerprint density at radius 3 is 2.32 bits per heavy atom. The van der Waals surface area contributed by atoms with E-state index < -0.39 is 11.7 Å². The number of anilines is 1. The Morgan fingerprint density at radius 1 is 0.909 bits per heavy atom. The summed E-state index contributed by atoms with van der Waals surface area (Å²) < 4.78 is 5.61. The second kappa shape index (κ2) is 14.2. The van der Waals surface area contributed by atoms with Crippen molar-refractivity contribution in [1.29, 1.82) is 0 Å². The summed E-state index contributed by atoms with van der Waals surface area (Å²) in [4.78, 5) is 49.6. The maximum Gasteiger partial charge on any atom is 0.348 e. The van der Waals surface area contributed by atoms with Gasteiger partial charge < -0.3 is 20.0 Å². The molecule has 2 heterocycles. The molecule has 1 atom stereocenters. The third kappa shape index (κ3) is 7.74. The minimum absolute atomic E-state index is 0.0343. The molecule has 0 bridgehead atoms. The van der Waals surface area contributed by atoms with Crippen LogP contribution in [0.2, 0.25) is 0 Å².